The molecule has 33 heavy (non-hydrogen) atoms. The van der Waals surface area contributed by atoms with E-state index in [0.29, 0.717) is 36.3 Å². The van der Waals surface area contributed by atoms with Crippen molar-refractivity contribution in [3.8, 4) is 5.75 Å². The number of hydrogen-bond donors (Lipinski definition) is 1. The highest BCUT2D eigenvalue weighted by molar-refractivity contribution is 9.10. The summed E-state index contributed by atoms with van der Waals surface area (Å²) in [6, 6.07) is 15.8. The molecular formula is C27H28BrNO4. The van der Waals surface area contributed by atoms with Crippen LogP contribution in [0.1, 0.15) is 56.1 Å². The number of ketones is 1. The van der Waals surface area contributed by atoms with E-state index in [0.717, 1.165) is 33.4 Å². The lowest BCUT2D eigenvalue weighted by Crippen LogP contribution is -2.36. The van der Waals surface area contributed by atoms with Crippen molar-refractivity contribution in [3.05, 3.63) is 86.7 Å². The zero-order valence-electron chi connectivity index (χ0n) is 19.1. The Morgan fingerprint density at radius 1 is 1.12 bits per heavy atom. The Kier molecular flexibility index (Phi) is 7.03. The minimum absolute atomic E-state index is 0.0582. The fourth-order valence-corrected chi connectivity index (χ4v) is 5.30. The molecule has 0 spiro atoms. The van der Waals surface area contributed by atoms with Crippen LogP contribution in [0.4, 0.5) is 0 Å². The van der Waals surface area contributed by atoms with Crippen molar-refractivity contribution in [1.29, 1.82) is 0 Å². The standard InChI is InChI=1S/C27H28BrNO4/c1-4-12-33-27(31)24-16(2)29-21-14-19(17-8-6-5-7-9-17)15-22(30)26(21)25(24)18-10-11-23(32-3)20(28)13-18/h5-11,13,19,25,29H,4,12,14-15H2,1-3H3. The normalized spacial score (nSPS) is 20.3. The van der Waals surface area contributed by atoms with Gasteiger partial charge in [-0.2, -0.15) is 0 Å². The van der Waals surface area contributed by atoms with Gasteiger partial charge in [0.15, 0.2) is 5.78 Å². The van der Waals surface area contributed by atoms with Crippen LogP contribution in [0.2, 0.25) is 0 Å². The first-order chi connectivity index (χ1) is 15.9. The maximum atomic E-state index is 13.6. The zero-order chi connectivity index (χ0) is 23.5. The summed E-state index contributed by atoms with van der Waals surface area (Å²) in [5.41, 5.74) is 4.78. The summed E-state index contributed by atoms with van der Waals surface area (Å²) in [5, 5.41) is 3.39. The molecule has 0 bridgehead atoms. The number of halogens is 1. The van der Waals surface area contributed by atoms with Crippen LogP contribution in [-0.4, -0.2) is 25.5 Å². The zero-order valence-corrected chi connectivity index (χ0v) is 20.7. The van der Waals surface area contributed by atoms with Crippen LogP contribution >= 0.6 is 15.9 Å². The molecule has 2 aliphatic rings. The first kappa shape index (κ1) is 23.3. The van der Waals surface area contributed by atoms with Crippen molar-refractivity contribution < 1.29 is 19.1 Å². The maximum Gasteiger partial charge on any atom is 0.336 e. The molecule has 2 aromatic rings. The highest BCUT2D eigenvalue weighted by atomic mass is 79.9. The number of nitrogens with one attached hydrogen (secondary N) is 1. The average Bonchev–Trinajstić information content (AvgIpc) is 2.82. The number of dihydropyridines is 1. The topological polar surface area (TPSA) is 64.6 Å². The summed E-state index contributed by atoms with van der Waals surface area (Å²) in [7, 11) is 1.61. The average molecular weight is 510 g/mol. The molecule has 0 aromatic heterocycles. The molecule has 172 valence electrons. The molecule has 0 saturated carbocycles. The van der Waals surface area contributed by atoms with E-state index in [9.17, 15) is 9.59 Å². The lowest BCUT2D eigenvalue weighted by atomic mass is 9.71. The second-order valence-corrected chi connectivity index (χ2v) is 9.31. The second kappa shape index (κ2) is 9.96. The molecule has 0 fully saturated rings. The van der Waals surface area contributed by atoms with E-state index in [1.54, 1.807) is 7.11 Å². The van der Waals surface area contributed by atoms with Crippen molar-refractivity contribution in [2.24, 2.45) is 0 Å². The highest BCUT2D eigenvalue weighted by Crippen LogP contribution is 2.46. The predicted octanol–water partition coefficient (Wildman–Crippen LogP) is 5.77. The van der Waals surface area contributed by atoms with Crippen LogP contribution in [0, 0.1) is 0 Å². The fourth-order valence-electron chi connectivity index (χ4n) is 4.74. The molecule has 5 nitrogen and oxygen atoms in total. The van der Waals surface area contributed by atoms with Gasteiger partial charge in [0.2, 0.25) is 0 Å². The molecular weight excluding hydrogens is 482 g/mol. The van der Waals surface area contributed by atoms with Crippen molar-refractivity contribution in [2.75, 3.05) is 13.7 Å². The number of esters is 1. The van der Waals surface area contributed by atoms with Crippen LogP contribution in [0.15, 0.2) is 75.5 Å². The van der Waals surface area contributed by atoms with Crippen LogP contribution in [-0.2, 0) is 14.3 Å². The summed E-state index contributed by atoms with van der Waals surface area (Å²) < 4.78 is 11.7. The van der Waals surface area contributed by atoms with Crippen LogP contribution in [0.5, 0.6) is 5.75 Å². The van der Waals surface area contributed by atoms with E-state index in [-0.39, 0.29) is 17.7 Å². The molecule has 2 atom stereocenters. The molecule has 1 aliphatic heterocycles. The van der Waals surface area contributed by atoms with E-state index in [4.69, 9.17) is 9.47 Å². The third-order valence-electron chi connectivity index (χ3n) is 6.26. The van der Waals surface area contributed by atoms with Crippen molar-refractivity contribution in [3.63, 3.8) is 0 Å². The van der Waals surface area contributed by atoms with Crippen LogP contribution < -0.4 is 10.1 Å². The Labute approximate surface area is 203 Å². The van der Waals surface area contributed by atoms with Crippen molar-refractivity contribution >= 4 is 27.7 Å². The highest BCUT2D eigenvalue weighted by Gasteiger charge is 2.41. The lowest BCUT2D eigenvalue weighted by Gasteiger charge is -2.36. The molecule has 0 amide bonds. The van der Waals surface area contributed by atoms with Gasteiger partial charge >= 0.3 is 5.97 Å². The third-order valence-corrected chi connectivity index (χ3v) is 6.88. The van der Waals surface area contributed by atoms with Gasteiger partial charge in [0.25, 0.3) is 0 Å². The number of Topliss-reactive ketones (excluding diaryl/α,β-unsaturated/α-hetero) is 1. The van der Waals surface area contributed by atoms with Gasteiger partial charge in [0, 0.05) is 29.3 Å². The Morgan fingerprint density at radius 2 is 1.88 bits per heavy atom. The van der Waals surface area contributed by atoms with E-state index in [2.05, 4.69) is 33.4 Å². The number of rotatable bonds is 6. The molecule has 0 radical (unpaired) electrons. The van der Waals surface area contributed by atoms with E-state index >= 15 is 0 Å². The van der Waals surface area contributed by atoms with Gasteiger partial charge in [-0.1, -0.05) is 43.3 Å². The summed E-state index contributed by atoms with van der Waals surface area (Å²) in [4.78, 5) is 26.7. The fraction of sp³-hybridized carbons (Fsp3) is 0.333. The predicted molar refractivity (Wildman–Crippen MR) is 131 cm³/mol. The SMILES string of the molecule is CCCOC(=O)C1=C(C)NC2=C(C(=O)CC(c3ccccc3)C2)C1c1ccc(OC)c(Br)c1. The summed E-state index contributed by atoms with van der Waals surface area (Å²) in [5.74, 6) is -0.0189. The molecule has 2 aromatic carbocycles. The van der Waals surface area contributed by atoms with Gasteiger partial charge in [0.1, 0.15) is 5.75 Å². The Balaban J connectivity index is 1.80. The summed E-state index contributed by atoms with van der Waals surface area (Å²) in [6.45, 7) is 4.18. The number of ether oxygens (including phenoxy) is 2. The largest absolute Gasteiger partial charge is 0.496 e. The van der Waals surface area contributed by atoms with E-state index in [1.807, 2.05) is 50.2 Å². The first-order valence-corrected chi connectivity index (χ1v) is 12.0. The molecule has 0 saturated heterocycles. The van der Waals surface area contributed by atoms with Gasteiger partial charge in [-0.3, -0.25) is 4.79 Å². The van der Waals surface area contributed by atoms with Crippen molar-refractivity contribution in [2.45, 2.75) is 44.9 Å². The minimum Gasteiger partial charge on any atom is -0.496 e. The molecule has 1 N–H and O–H groups in total. The number of hydrogen-bond acceptors (Lipinski definition) is 5. The first-order valence-electron chi connectivity index (χ1n) is 11.2. The number of carbonyl (C=O) groups is 2. The molecule has 2 unspecified atom stereocenters. The Morgan fingerprint density at radius 3 is 2.55 bits per heavy atom. The quantitative estimate of drug-likeness (QED) is 0.500. The van der Waals surface area contributed by atoms with Gasteiger partial charge in [-0.05, 0) is 64.9 Å². The second-order valence-electron chi connectivity index (χ2n) is 8.46. The molecule has 6 heteroatoms. The van der Waals surface area contributed by atoms with Gasteiger partial charge in [-0.15, -0.1) is 0 Å². The maximum absolute atomic E-state index is 13.6. The van der Waals surface area contributed by atoms with Gasteiger partial charge in [-0.25, -0.2) is 4.79 Å². The Hall–Kier alpha value is -2.86. The molecule has 1 heterocycles. The monoisotopic (exact) mass is 509 g/mol. The molecule has 1 aliphatic carbocycles. The summed E-state index contributed by atoms with van der Waals surface area (Å²) in [6.07, 6.45) is 1.86. The lowest BCUT2D eigenvalue weighted by molar-refractivity contribution is -0.139. The Bertz CT molecular complexity index is 1140. The van der Waals surface area contributed by atoms with E-state index in [1.165, 1.54) is 0 Å². The van der Waals surface area contributed by atoms with Crippen LogP contribution in [0.25, 0.3) is 0 Å². The summed E-state index contributed by atoms with van der Waals surface area (Å²) >= 11 is 3.56. The third kappa shape index (κ3) is 4.62. The van der Waals surface area contributed by atoms with E-state index < -0.39 is 5.92 Å². The number of carbonyl (C=O) groups excluding carboxylic acids is 2. The van der Waals surface area contributed by atoms with Gasteiger partial charge < -0.3 is 14.8 Å². The number of methoxy groups -OCH3 is 1. The minimum atomic E-state index is -0.489. The van der Waals surface area contributed by atoms with Crippen molar-refractivity contribution in [1.82, 2.24) is 5.32 Å². The smallest absolute Gasteiger partial charge is 0.336 e. The number of allylic oxidation sites excluding steroid dienone is 3. The molecule has 4 rings (SSSR count). The van der Waals surface area contributed by atoms with Crippen LogP contribution in [0.3, 0.4) is 0 Å². The number of benzene rings is 2. The van der Waals surface area contributed by atoms with Gasteiger partial charge in [0.05, 0.1) is 23.8 Å².